The van der Waals surface area contributed by atoms with Crippen LogP contribution >= 0.6 is 0 Å². The Morgan fingerprint density at radius 3 is 1.87 bits per heavy atom. The maximum absolute atomic E-state index is 13.7. The summed E-state index contributed by atoms with van der Waals surface area (Å²) >= 11 is 0. The van der Waals surface area contributed by atoms with Crippen LogP contribution in [0, 0.1) is 11.6 Å². The second kappa shape index (κ2) is 9.74. The fourth-order valence-corrected chi connectivity index (χ4v) is 4.71. The summed E-state index contributed by atoms with van der Waals surface area (Å²) in [7, 11) is -3.65. The van der Waals surface area contributed by atoms with Crippen molar-refractivity contribution < 1.29 is 36.0 Å². The van der Waals surface area contributed by atoms with Gasteiger partial charge in [-0.1, -0.05) is 0 Å². The Bertz CT molecular complexity index is 1790. The highest BCUT2D eigenvalue weighted by Gasteiger charge is 2.28. The molecule has 0 bridgehead atoms. The van der Waals surface area contributed by atoms with Crippen molar-refractivity contribution in [1.82, 2.24) is 19.1 Å². The van der Waals surface area contributed by atoms with E-state index >= 15 is 0 Å². The number of ether oxygens (including phenoxy) is 2. The van der Waals surface area contributed by atoms with Crippen LogP contribution < -0.4 is 20.6 Å². The second-order valence-corrected chi connectivity index (χ2v) is 10.2. The van der Waals surface area contributed by atoms with E-state index in [9.17, 15) is 31.9 Å². The first-order valence-corrected chi connectivity index (χ1v) is 13.0. The van der Waals surface area contributed by atoms with Crippen molar-refractivity contribution >= 4 is 32.2 Å². The van der Waals surface area contributed by atoms with Gasteiger partial charge in [0, 0.05) is 12.1 Å². The fourth-order valence-electron chi connectivity index (χ4n) is 4.31. The first kappa shape index (κ1) is 25.7. The van der Waals surface area contributed by atoms with Crippen molar-refractivity contribution in [3.63, 3.8) is 0 Å². The third-order valence-electron chi connectivity index (χ3n) is 5.96. The van der Waals surface area contributed by atoms with E-state index in [1.165, 1.54) is 33.4 Å². The lowest BCUT2D eigenvalue weighted by atomic mass is 10.2. The van der Waals surface area contributed by atoms with Gasteiger partial charge in [0.25, 0.3) is 21.2 Å². The zero-order valence-corrected chi connectivity index (χ0v) is 20.5. The molecule has 0 aromatic carbocycles. The Labute approximate surface area is 212 Å². The topological polar surface area (TPSA) is 152 Å². The van der Waals surface area contributed by atoms with Crippen LogP contribution in [-0.2, 0) is 14.3 Å². The molecule has 0 saturated carbocycles. The van der Waals surface area contributed by atoms with Gasteiger partial charge in [0.1, 0.15) is 24.2 Å². The molecule has 2 atom stereocenters. The normalized spacial score (nSPS) is 17.9. The van der Waals surface area contributed by atoms with E-state index in [1.807, 2.05) is 0 Å². The summed E-state index contributed by atoms with van der Waals surface area (Å²) < 4.78 is 67.3. The van der Waals surface area contributed by atoms with Crippen molar-refractivity contribution in [1.29, 1.82) is 0 Å². The lowest BCUT2D eigenvalue weighted by Gasteiger charge is -2.27. The Kier molecular flexibility index (Phi) is 6.58. The molecule has 6 rings (SSSR count). The lowest BCUT2D eigenvalue weighted by Crippen LogP contribution is -2.35. The van der Waals surface area contributed by atoms with Crippen LogP contribution in [0.1, 0.15) is 12.1 Å². The molecule has 1 N–H and O–H groups in total. The SMILES string of the molecule is CS(=O)(=O)OC[C@@H]1COc2c(F)cnc3ccc(=O)n1c23.O=c1ccc2ncc(F)c3c2n1[C@H](CO)CO3. The Hall–Kier alpha value is -3.95. The summed E-state index contributed by atoms with van der Waals surface area (Å²) in [4.78, 5) is 31.6. The molecule has 2 aliphatic rings. The van der Waals surface area contributed by atoms with Gasteiger partial charge < -0.3 is 14.6 Å². The maximum Gasteiger partial charge on any atom is 0.264 e. The number of pyridine rings is 4. The first-order valence-electron chi connectivity index (χ1n) is 11.2. The average molecular weight is 550 g/mol. The second-order valence-electron chi connectivity index (χ2n) is 8.52. The van der Waals surface area contributed by atoms with Crippen LogP contribution in [0.15, 0.2) is 46.2 Å². The molecule has 6 heterocycles. The molecule has 0 amide bonds. The summed E-state index contributed by atoms with van der Waals surface area (Å²) in [5.41, 5.74) is 0.669. The van der Waals surface area contributed by atoms with Gasteiger partial charge in [0.2, 0.25) is 0 Å². The van der Waals surface area contributed by atoms with Crippen molar-refractivity contribution in [2.24, 2.45) is 0 Å². The summed E-state index contributed by atoms with van der Waals surface area (Å²) in [6.45, 7) is -0.505. The van der Waals surface area contributed by atoms with E-state index in [-0.39, 0.29) is 49.0 Å². The predicted octanol–water partition coefficient (Wildman–Crippen LogP) is 0.907. The maximum atomic E-state index is 13.7. The monoisotopic (exact) mass is 550 g/mol. The van der Waals surface area contributed by atoms with Crippen molar-refractivity contribution in [2.45, 2.75) is 12.1 Å². The van der Waals surface area contributed by atoms with E-state index < -0.39 is 39.4 Å². The third kappa shape index (κ3) is 4.59. The van der Waals surface area contributed by atoms with Gasteiger partial charge >= 0.3 is 0 Å². The third-order valence-corrected chi connectivity index (χ3v) is 6.53. The molecule has 0 fully saturated rings. The van der Waals surface area contributed by atoms with Gasteiger partial charge in [0.15, 0.2) is 23.1 Å². The Morgan fingerprint density at radius 2 is 1.39 bits per heavy atom. The van der Waals surface area contributed by atoms with E-state index in [0.29, 0.717) is 16.6 Å². The molecule has 2 aliphatic heterocycles. The minimum atomic E-state index is -3.65. The standard InChI is InChI=1S/C12H11FN2O5S.C11H9FN2O3/c1-21(17,18)20-6-7-5-19-12-8(13)4-14-9-2-3-10(16)15(7)11(9)12;12-7-3-13-8-1-2-9(16)14-6(4-15)5-17-11(7)10(8)14/h2-4,7H,5-6H2,1H3;1-3,6,15H,4-5H2/t7-;6-/m01/s1. The lowest BCUT2D eigenvalue weighted by molar-refractivity contribution is 0.152. The van der Waals surface area contributed by atoms with Gasteiger partial charge in [-0.15, -0.1) is 0 Å². The molecule has 0 unspecified atom stereocenters. The number of rotatable bonds is 4. The molecular formula is C23H20F2N4O8S. The number of nitrogens with zero attached hydrogens (tertiary/aromatic N) is 4. The molecule has 15 heteroatoms. The first-order chi connectivity index (χ1) is 18.1. The van der Waals surface area contributed by atoms with Crippen LogP contribution in [-0.4, -0.2) is 65.3 Å². The highest BCUT2D eigenvalue weighted by molar-refractivity contribution is 7.85. The molecule has 38 heavy (non-hydrogen) atoms. The number of aliphatic hydroxyl groups is 1. The number of halogens is 2. The van der Waals surface area contributed by atoms with Gasteiger partial charge in [0.05, 0.1) is 55.0 Å². The number of aromatic nitrogens is 4. The fraction of sp³-hybridized carbons (Fsp3) is 0.304. The number of hydrogen-bond acceptors (Lipinski definition) is 10. The van der Waals surface area contributed by atoms with Crippen molar-refractivity contribution in [3.05, 3.63) is 69.0 Å². The van der Waals surface area contributed by atoms with Gasteiger partial charge in [-0.2, -0.15) is 8.42 Å². The van der Waals surface area contributed by atoms with Gasteiger partial charge in [-0.3, -0.25) is 32.9 Å². The highest BCUT2D eigenvalue weighted by Crippen LogP contribution is 2.33. The molecule has 0 saturated heterocycles. The summed E-state index contributed by atoms with van der Waals surface area (Å²) in [5, 5.41) is 9.21. The Morgan fingerprint density at radius 1 is 0.921 bits per heavy atom. The summed E-state index contributed by atoms with van der Waals surface area (Å²) in [6.07, 6.45) is 2.99. The van der Waals surface area contributed by atoms with E-state index in [1.54, 1.807) is 0 Å². The molecule has 200 valence electrons. The quantitative estimate of drug-likeness (QED) is 0.363. The number of hydrogen-bond donors (Lipinski definition) is 1. The minimum Gasteiger partial charge on any atom is -0.486 e. The molecule has 12 nitrogen and oxygen atoms in total. The van der Waals surface area contributed by atoms with Gasteiger partial charge in [-0.05, 0) is 12.1 Å². The van der Waals surface area contributed by atoms with Crippen LogP contribution in [0.5, 0.6) is 11.5 Å². The zero-order chi connectivity index (χ0) is 27.2. The molecule has 4 aromatic rings. The van der Waals surface area contributed by atoms with Crippen LogP contribution in [0.25, 0.3) is 22.1 Å². The van der Waals surface area contributed by atoms with E-state index in [0.717, 1.165) is 18.6 Å². The average Bonchev–Trinajstić information content (AvgIpc) is 2.89. The smallest absolute Gasteiger partial charge is 0.264 e. The zero-order valence-electron chi connectivity index (χ0n) is 19.7. The summed E-state index contributed by atoms with van der Waals surface area (Å²) in [6, 6.07) is 4.44. The van der Waals surface area contributed by atoms with Crippen LogP contribution in [0.3, 0.4) is 0 Å². The molecule has 0 aliphatic carbocycles. The summed E-state index contributed by atoms with van der Waals surface area (Å²) in [5.74, 6) is -1.32. The molecule has 4 aromatic heterocycles. The number of aliphatic hydroxyl groups excluding tert-OH is 1. The largest absolute Gasteiger partial charge is 0.486 e. The predicted molar refractivity (Wildman–Crippen MR) is 129 cm³/mol. The van der Waals surface area contributed by atoms with Crippen LogP contribution in [0.4, 0.5) is 8.78 Å². The molecule has 0 radical (unpaired) electrons. The molecule has 0 spiro atoms. The Balaban J connectivity index is 0.000000158. The minimum absolute atomic E-state index is 0.0254. The highest BCUT2D eigenvalue weighted by atomic mass is 32.2. The molecular weight excluding hydrogens is 530 g/mol. The van der Waals surface area contributed by atoms with Crippen molar-refractivity contribution in [2.75, 3.05) is 32.7 Å². The van der Waals surface area contributed by atoms with Gasteiger partial charge in [-0.25, -0.2) is 8.78 Å². The van der Waals surface area contributed by atoms with E-state index in [2.05, 4.69) is 9.97 Å². The van der Waals surface area contributed by atoms with Crippen LogP contribution in [0.2, 0.25) is 0 Å². The van der Waals surface area contributed by atoms with E-state index in [4.69, 9.17) is 13.7 Å². The van der Waals surface area contributed by atoms with Crippen molar-refractivity contribution in [3.8, 4) is 11.5 Å².